The third-order valence-electron chi connectivity index (χ3n) is 3.00. The zero-order valence-corrected chi connectivity index (χ0v) is 9.44. The van der Waals surface area contributed by atoms with E-state index in [1.807, 2.05) is 7.05 Å². The summed E-state index contributed by atoms with van der Waals surface area (Å²) in [6.45, 7) is 0. The van der Waals surface area contributed by atoms with E-state index in [2.05, 4.69) is 29.6 Å². The molecule has 0 unspecified atom stereocenters. The summed E-state index contributed by atoms with van der Waals surface area (Å²) >= 11 is 0. The van der Waals surface area contributed by atoms with E-state index in [4.69, 9.17) is 0 Å². The predicted molar refractivity (Wildman–Crippen MR) is 64.4 cm³/mol. The first-order valence-corrected chi connectivity index (χ1v) is 5.18. The molecule has 0 radical (unpaired) electrons. The number of benzene rings is 1. The molecule has 2 heteroatoms. The van der Waals surface area contributed by atoms with Crippen molar-refractivity contribution in [3.8, 4) is 0 Å². The van der Waals surface area contributed by atoms with Crippen LogP contribution in [-0.4, -0.2) is 7.05 Å². The Hall–Kier alpha value is -0.690. The fourth-order valence-electron chi connectivity index (χ4n) is 2.21. The molecule has 1 N–H and O–H groups in total. The highest BCUT2D eigenvalue weighted by atomic mass is 35.5. The monoisotopic (exact) mass is 211 g/mol. The molecule has 0 atom stereocenters. The minimum Gasteiger partial charge on any atom is -0.388 e. The van der Waals surface area contributed by atoms with E-state index in [-0.39, 0.29) is 12.4 Å². The SMILES string of the molecule is CNc1cccc(C2CCCC2)c1.Cl. The second kappa shape index (κ2) is 5.26. The number of nitrogens with one attached hydrogen (secondary N) is 1. The molecular weight excluding hydrogens is 194 g/mol. The van der Waals surface area contributed by atoms with Gasteiger partial charge in [0.15, 0.2) is 0 Å². The first-order valence-electron chi connectivity index (χ1n) is 5.18. The molecule has 0 amide bonds. The van der Waals surface area contributed by atoms with Gasteiger partial charge in [-0.1, -0.05) is 25.0 Å². The Morgan fingerprint density at radius 3 is 2.57 bits per heavy atom. The second-order valence-electron chi connectivity index (χ2n) is 3.86. The minimum atomic E-state index is 0. The molecule has 78 valence electrons. The topological polar surface area (TPSA) is 12.0 Å². The van der Waals surface area contributed by atoms with E-state index >= 15 is 0 Å². The highest BCUT2D eigenvalue weighted by Crippen LogP contribution is 2.34. The van der Waals surface area contributed by atoms with Gasteiger partial charge in [-0.15, -0.1) is 12.4 Å². The van der Waals surface area contributed by atoms with Crippen LogP contribution in [0.25, 0.3) is 0 Å². The van der Waals surface area contributed by atoms with Crippen LogP contribution < -0.4 is 5.32 Å². The van der Waals surface area contributed by atoms with Gasteiger partial charge in [0.05, 0.1) is 0 Å². The van der Waals surface area contributed by atoms with E-state index in [0.29, 0.717) is 0 Å². The molecule has 1 saturated carbocycles. The summed E-state index contributed by atoms with van der Waals surface area (Å²) in [5.41, 5.74) is 2.76. The maximum Gasteiger partial charge on any atom is 0.0340 e. The van der Waals surface area contributed by atoms with Crippen molar-refractivity contribution in [3.05, 3.63) is 29.8 Å². The number of anilines is 1. The highest BCUT2D eigenvalue weighted by Gasteiger charge is 2.16. The van der Waals surface area contributed by atoms with Gasteiger partial charge in [-0.05, 0) is 36.5 Å². The van der Waals surface area contributed by atoms with Gasteiger partial charge in [0.1, 0.15) is 0 Å². The maximum absolute atomic E-state index is 3.19. The number of hydrogen-bond acceptors (Lipinski definition) is 1. The molecule has 1 aromatic carbocycles. The van der Waals surface area contributed by atoms with Gasteiger partial charge in [-0.3, -0.25) is 0 Å². The molecule has 14 heavy (non-hydrogen) atoms. The molecule has 1 aromatic rings. The standard InChI is InChI=1S/C12H17N.ClH/c1-13-12-8-4-7-11(9-12)10-5-2-3-6-10;/h4,7-10,13H,2-3,5-6H2,1H3;1H. The molecule has 0 aliphatic heterocycles. The van der Waals surface area contributed by atoms with Crippen molar-refractivity contribution >= 4 is 18.1 Å². The number of hydrogen-bond donors (Lipinski definition) is 1. The average Bonchev–Trinajstić information content (AvgIpc) is 2.71. The van der Waals surface area contributed by atoms with Crippen molar-refractivity contribution in [3.63, 3.8) is 0 Å². The van der Waals surface area contributed by atoms with E-state index in [9.17, 15) is 0 Å². The van der Waals surface area contributed by atoms with Crippen LogP contribution in [0.3, 0.4) is 0 Å². The van der Waals surface area contributed by atoms with Crippen LogP contribution in [0.2, 0.25) is 0 Å². The fourth-order valence-corrected chi connectivity index (χ4v) is 2.21. The smallest absolute Gasteiger partial charge is 0.0340 e. The largest absolute Gasteiger partial charge is 0.388 e. The summed E-state index contributed by atoms with van der Waals surface area (Å²) in [6.07, 6.45) is 5.59. The zero-order chi connectivity index (χ0) is 9.10. The molecule has 1 aliphatic carbocycles. The predicted octanol–water partition coefficient (Wildman–Crippen LogP) is 3.81. The fraction of sp³-hybridized carbons (Fsp3) is 0.500. The normalized spacial score (nSPS) is 16.4. The molecule has 0 spiro atoms. The van der Waals surface area contributed by atoms with E-state index in [1.165, 1.54) is 36.9 Å². The Bertz CT molecular complexity index is 279. The molecule has 0 bridgehead atoms. The molecule has 1 aliphatic rings. The van der Waals surface area contributed by atoms with Gasteiger partial charge < -0.3 is 5.32 Å². The Morgan fingerprint density at radius 2 is 1.93 bits per heavy atom. The average molecular weight is 212 g/mol. The lowest BCUT2D eigenvalue weighted by molar-refractivity contribution is 0.723. The van der Waals surface area contributed by atoms with Gasteiger partial charge in [-0.2, -0.15) is 0 Å². The van der Waals surface area contributed by atoms with Gasteiger partial charge in [-0.25, -0.2) is 0 Å². The lowest BCUT2D eigenvalue weighted by Crippen LogP contribution is -1.94. The maximum atomic E-state index is 3.19. The van der Waals surface area contributed by atoms with Crippen LogP contribution in [0.5, 0.6) is 0 Å². The number of rotatable bonds is 2. The van der Waals surface area contributed by atoms with Gasteiger partial charge >= 0.3 is 0 Å². The quantitative estimate of drug-likeness (QED) is 0.785. The summed E-state index contributed by atoms with van der Waals surface area (Å²) in [5, 5.41) is 3.19. The summed E-state index contributed by atoms with van der Waals surface area (Å²) < 4.78 is 0. The van der Waals surface area contributed by atoms with Crippen LogP contribution in [0, 0.1) is 0 Å². The van der Waals surface area contributed by atoms with Crippen molar-refractivity contribution in [2.75, 3.05) is 12.4 Å². The van der Waals surface area contributed by atoms with Crippen LogP contribution >= 0.6 is 12.4 Å². The zero-order valence-electron chi connectivity index (χ0n) is 8.62. The molecule has 1 nitrogen and oxygen atoms in total. The first kappa shape index (κ1) is 11.4. The van der Waals surface area contributed by atoms with Crippen LogP contribution in [0.1, 0.15) is 37.2 Å². The van der Waals surface area contributed by atoms with Crippen molar-refractivity contribution in [2.24, 2.45) is 0 Å². The van der Waals surface area contributed by atoms with Crippen molar-refractivity contribution in [1.82, 2.24) is 0 Å². The lowest BCUT2D eigenvalue weighted by atomic mass is 9.97. The molecule has 1 fully saturated rings. The summed E-state index contributed by atoms with van der Waals surface area (Å²) in [5.74, 6) is 0.827. The molecule has 0 heterocycles. The molecule has 2 rings (SSSR count). The Balaban J connectivity index is 0.000000980. The van der Waals surface area contributed by atoms with Gasteiger partial charge in [0, 0.05) is 12.7 Å². The Labute approximate surface area is 92.3 Å². The number of halogens is 1. The second-order valence-corrected chi connectivity index (χ2v) is 3.86. The van der Waals surface area contributed by atoms with Crippen LogP contribution in [0.15, 0.2) is 24.3 Å². The Morgan fingerprint density at radius 1 is 1.21 bits per heavy atom. The van der Waals surface area contributed by atoms with Crippen molar-refractivity contribution in [1.29, 1.82) is 0 Å². The van der Waals surface area contributed by atoms with E-state index in [1.54, 1.807) is 0 Å². The van der Waals surface area contributed by atoms with Crippen molar-refractivity contribution in [2.45, 2.75) is 31.6 Å². The lowest BCUT2D eigenvalue weighted by Gasteiger charge is -2.10. The summed E-state index contributed by atoms with van der Waals surface area (Å²) in [4.78, 5) is 0. The van der Waals surface area contributed by atoms with E-state index < -0.39 is 0 Å². The third kappa shape index (κ3) is 2.42. The van der Waals surface area contributed by atoms with Gasteiger partial charge in [0.25, 0.3) is 0 Å². The van der Waals surface area contributed by atoms with Crippen molar-refractivity contribution < 1.29 is 0 Å². The summed E-state index contributed by atoms with van der Waals surface area (Å²) in [6, 6.07) is 8.82. The third-order valence-corrected chi connectivity index (χ3v) is 3.00. The molecular formula is C12H18ClN. The Kier molecular flexibility index (Phi) is 4.27. The summed E-state index contributed by atoms with van der Waals surface area (Å²) in [7, 11) is 1.98. The van der Waals surface area contributed by atoms with Gasteiger partial charge in [0.2, 0.25) is 0 Å². The molecule has 0 saturated heterocycles. The van der Waals surface area contributed by atoms with E-state index in [0.717, 1.165) is 5.92 Å². The van der Waals surface area contributed by atoms with Crippen LogP contribution in [0.4, 0.5) is 5.69 Å². The van der Waals surface area contributed by atoms with Crippen LogP contribution in [-0.2, 0) is 0 Å². The minimum absolute atomic E-state index is 0. The molecule has 0 aromatic heterocycles. The highest BCUT2D eigenvalue weighted by molar-refractivity contribution is 5.85. The first-order chi connectivity index (χ1) is 6.40.